The molecule has 37 heavy (non-hydrogen) atoms. The van der Waals surface area contributed by atoms with Gasteiger partial charge in [0.05, 0.1) is 36.4 Å². The third-order valence-corrected chi connectivity index (χ3v) is 8.23. The van der Waals surface area contributed by atoms with Gasteiger partial charge < -0.3 is 15.2 Å². The van der Waals surface area contributed by atoms with E-state index < -0.39 is 11.5 Å². The quantitative estimate of drug-likeness (QED) is 0.492. The first-order valence-corrected chi connectivity index (χ1v) is 13.2. The number of hydrogen-bond acceptors (Lipinski definition) is 4. The predicted molar refractivity (Wildman–Crippen MR) is 139 cm³/mol. The third-order valence-electron chi connectivity index (χ3n) is 8.23. The molecular weight excluding hydrogens is 466 g/mol. The van der Waals surface area contributed by atoms with E-state index in [2.05, 4.69) is 41.4 Å². The van der Waals surface area contributed by atoms with Crippen molar-refractivity contribution in [2.45, 2.75) is 62.9 Å². The summed E-state index contributed by atoms with van der Waals surface area (Å²) in [5.41, 5.74) is 4.15. The first-order chi connectivity index (χ1) is 18.0. The highest BCUT2D eigenvalue weighted by Gasteiger charge is 2.45. The SMILES string of the molecule is CC#Cc1ccc(C(=O)NC2CCC(C(=O)O)CC2)c2c1cnn2C1(c2ccc(C3CC3)cc2)COC1. The van der Waals surface area contributed by atoms with Crippen LogP contribution < -0.4 is 5.32 Å². The van der Waals surface area contributed by atoms with Gasteiger partial charge in [0.1, 0.15) is 5.54 Å². The number of carboxylic acid groups (broad SMARTS) is 1. The van der Waals surface area contributed by atoms with Gasteiger partial charge in [0.2, 0.25) is 0 Å². The summed E-state index contributed by atoms with van der Waals surface area (Å²) >= 11 is 0. The number of hydrogen-bond donors (Lipinski definition) is 2. The zero-order chi connectivity index (χ0) is 25.6. The highest BCUT2D eigenvalue weighted by molar-refractivity contribution is 6.07. The Labute approximate surface area is 216 Å². The molecule has 2 heterocycles. The van der Waals surface area contributed by atoms with Crippen LogP contribution in [0.4, 0.5) is 0 Å². The molecule has 1 saturated heterocycles. The van der Waals surface area contributed by atoms with Crippen LogP contribution in [0.25, 0.3) is 10.9 Å². The molecule has 0 atom stereocenters. The average molecular weight is 498 g/mol. The molecule has 190 valence electrons. The number of aliphatic carboxylic acids is 1. The summed E-state index contributed by atoms with van der Waals surface area (Å²) in [6, 6.07) is 12.5. The Kier molecular flexibility index (Phi) is 6.00. The first kappa shape index (κ1) is 23.7. The monoisotopic (exact) mass is 497 g/mol. The number of nitrogens with one attached hydrogen (secondary N) is 1. The molecule has 0 radical (unpaired) electrons. The zero-order valence-corrected chi connectivity index (χ0v) is 21.0. The number of benzene rings is 2. The van der Waals surface area contributed by atoms with Gasteiger partial charge in [-0.3, -0.25) is 9.59 Å². The highest BCUT2D eigenvalue weighted by Crippen LogP contribution is 2.42. The fraction of sp³-hybridized carbons (Fsp3) is 0.433. The molecule has 7 heteroatoms. The second-order valence-electron chi connectivity index (χ2n) is 10.6. The van der Waals surface area contributed by atoms with Crippen molar-refractivity contribution in [2.24, 2.45) is 5.92 Å². The van der Waals surface area contributed by atoms with E-state index >= 15 is 0 Å². The van der Waals surface area contributed by atoms with Crippen molar-refractivity contribution in [3.05, 3.63) is 64.8 Å². The molecule has 3 fully saturated rings. The fourth-order valence-electron chi connectivity index (χ4n) is 5.83. The smallest absolute Gasteiger partial charge is 0.306 e. The van der Waals surface area contributed by atoms with Gasteiger partial charge in [0.15, 0.2) is 0 Å². The lowest BCUT2D eigenvalue weighted by Gasteiger charge is -2.42. The third kappa shape index (κ3) is 4.19. The lowest BCUT2D eigenvalue weighted by atomic mass is 9.86. The van der Waals surface area contributed by atoms with Gasteiger partial charge in [-0.1, -0.05) is 30.2 Å². The maximum atomic E-state index is 13.6. The summed E-state index contributed by atoms with van der Waals surface area (Å²) in [4.78, 5) is 24.9. The number of rotatable bonds is 6. The van der Waals surface area contributed by atoms with E-state index in [9.17, 15) is 14.7 Å². The van der Waals surface area contributed by atoms with Crippen molar-refractivity contribution in [3.63, 3.8) is 0 Å². The summed E-state index contributed by atoms with van der Waals surface area (Å²) in [5, 5.41) is 18.1. The molecule has 2 aromatic carbocycles. The molecule has 0 spiro atoms. The Morgan fingerprint density at radius 3 is 2.38 bits per heavy atom. The van der Waals surface area contributed by atoms with Crippen LogP contribution in [0.1, 0.15) is 78.4 Å². The minimum Gasteiger partial charge on any atom is -0.481 e. The molecule has 0 unspecified atom stereocenters. The van der Waals surface area contributed by atoms with E-state index in [1.165, 1.54) is 18.4 Å². The maximum Gasteiger partial charge on any atom is 0.306 e. The minimum atomic E-state index is -0.749. The highest BCUT2D eigenvalue weighted by atomic mass is 16.5. The van der Waals surface area contributed by atoms with Crippen LogP contribution in [-0.2, 0) is 15.1 Å². The van der Waals surface area contributed by atoms with Crippen molar-refractivity contribution in [1.29, 1.82) is 0 Å². The van der Waals surface area contributed by atoms with Gasteiger partial charge in [0.25, 0.3) is 5.91 Å². The molecule has 1 aromatic heterocycles. The lowest BCUT2D eigenvalue weighted by molar-refractivity contribution is -0.142. The number of ether oxygens (including phenoxy) is 1. The minimum absolute atomic E-state index is 0.0411. The molecule has 2 saturated carbocycles. The fourth-order valence-corrected chi connectivity index (χ4v) is 5.83. The number of fused-ring (bicyclic) bond motifs is 1. The van der Waals surface area contributed by atoms with Gasteiger partial charge in [-0.05, 0) is 74.6 Å². The van der Waals surface area contributed by atoms with E-state index in [1.54, 1.807) is 6.92 Å². The first-order valence-electron chi connectivity index (χ1n) is 13.2. The van der Waals surface area contributed by atoms with Gasteiger partial charge >= 0.3 is 5.97 Å². The Bertz CT molecular complexity index is 1410. The maximum absolute atomic E-state index is 13.6. The average Bonchev–Trinajstić information content (AvgIpc) is 3.64. The molecule has 3 aromatic rings. The molecule has 1 aliphatic heterocycles. The molecular formula is C30H31N3O4. The Morgan fingerprint density at radius 2 is 1.78 bits per heavy atom. The Morgan fingerprint density at radius 1 is 1.05 bits per heavy atom. The van der Waals surface area contributed by atoms with E-state index in [0.29, 0.717) is 50.4 Å². The van der Waals surface area contributed by atoms with Crippen molar-refractivity contribution in [1.82, 2.24) is 15.1 Å². The molecule has 2 N–H and O–H groups in total. The standard InChI is InChI=1S/C30H31N3O4/c1-2-3-21-10-15-25(28(34)32-24-13-8-22(9-14-24)29(35)36)27-26(21)16-31-33(27)30(17-37-18-30)23-11-6-20(7-12-23)19-4-5-19/h6-7,10-12,15-16,19,22,24H,4-5,8-9,13-14,17-18H2,1H3,(H,32,34)(H,35,36). The van der Waals surface area contributed by atoms with E-state index in [-0.39, 0.29) is 17.9 Å². The molecule has 2 aliphatic carbocycles. The number of carboxylic acids is 1. The summed E-state index contributed by atoms with van der Waals surface area (Å²) in [6.45, 7) is 2.76. The van der Waals surface area contributed by atoms with Crippen molar-refractivity contribution in [3.8, 4) is 11.8 Å². The molecule has 6 rings (SSSR count). The Balaban J connectivity index is 1.37. The Hall–Kier alpha value is -3.63. The number of aromatic nitrogens is 2. The zero-order valence-electron chi connectivity index (χ0n) is 21.0. The van der Waals surface area contributed by atoms with E-state index in [1.807, 2.05) is 23.0 Å². The summed E-state index contributed by atoms with van der Waals surface area (Å²) < 4.78 is 7.71. The second-order valence-corrected chi connectivity index (χ2v) is 10.6. The topological polar surface area (TPSA) is 93.5 Å². The molecule has 3 aliphatic rings. The number of carbonyl (C=O) groups excluding carboxylic acids is 1. The van der Waals surface area contributed by atoms with Crippen LogP contribution in [0.2, 0.25) is 0 Å². The van der Waals surface area contributed by atoms with Gasteiger partial charge in [-0.25, -0.2) is 4.68 Å². The van der Waals surface area contributed by atoms with Crippen LogP contribution >= 0.6 is 0 Å². The normalized spacial score (nSPS) is 22.5. The number of carbonyl (C=O) groups is 2. The molecule has 1 amide bonds. The van der Waals surface area contributed by atoms with Crippen molar-refractivity contribution >= 4 is 22.8 Å². The van der Waals surface area contributed by atoms with Crippen LogP contribution in [-0.4, -0.2) is 46.0 Å². The van der Waals surface area contributed by atoms with Crippen molar-refractivity contribution < 1.29 is 19.4 Å². The largest absolute Gasteiger partial charge is 0.481 e. The molecule has 7 nitrogen and oxygen atoms in total. The van der Waals surface area contributed by atoms with E-state index in [0.717, 1.165) is 22.0 Å². The number of amides is 1. The number of nitrogens with zero attached hydrogens (tertiary/aromatic N) is 2. The van der Waals surface area contributed by atoms with Crippen LogP contribution in [0.15, 0.2) is 42.6 Å². The van der Waals surface area contributed by atoms with Gasteiger partial charge in [-0.2, -0.15) is 5.10 Å². The van der Waals surface area contributed by atoms with Crippen LogP contribution in [0.5, 0.6) is 0 Å². The summed E-state index contributed by atoms with van der Waals surface area (Å²) in [6.07, 6.45) is 6.81. The molecule has 0 bridgehead atoms. The summed E-state index contributed by atoms with van der Waals surface area (Å²) in [7, 11) is 0. The lowest BCUT2D eigenvalue weighted by Crippen LogP contribution is -2.53. The summed E-state index contributed by atoms with van der Waals surface area (Å²) in [5.74, 6) is 5.58. The van der Waals surface area contributed by atoms with Gasteiger partial charge in [0, 0.05) is 17.0 Å². The van der Waals surface area contributed by atoms with Gasteiger partial charge in [-0.15, -0.1) is 5.92 Å². The predicted octanol–water partition coefficient (Wildman–Crippen LogP) is 4.43. The second kappa shape index (κ2) is 9.35. The van der Waals surface area contributed by atoms with Crippen LogP contribution in [0, 0.1) is 17.8 Å². The van der Waals surface area contributed by atoms with Crippen molar-refractivity contribution in [2.75, 3.05) is 13.2 Å². The van der Waals surface area contributed by atoms with Crippen LogP contribution in [0.3, 0.4) is 0 Å². The van der Waals surface area contributed by atoms with E-state index in [4.69, 9.17) is 9.84 Å².